The molecule has 0 aromatic carbocycles. The normalized spacial score (nSPS) is 28.3. The van der Waals surface area contributed by atoms with Crippen molar-refractivity contribution in [1.82, 2.24) is 9.97 Å². The van der Waals surface area contributed by atoms with E-state index >= 15 is 0 Å². The molecule has 1 aromatic heterocycles. The van der Waals surface area contributed by atoms with Gasteiger partial charge in [0.15, 0.2) is 0 Å². The van der Waals surface area contributed by atoms with Gasteiger partial charge in [0, 0.05) is 18.8 Å². The molecule has 1 heterocycles. The Balaban J connectivity index is 1.54. The fraction of sp³-hybridized carbons (Fsp3) is 0.667. The molecule has 0 bridgehead atoms. The maximum absolute atomic E-state index is 12.4. The number of aromatic amines is 1. The van der Waals surface area contributed by atoms with Crippen LogP contribution in [0, 0.1) is 11.3 Å². The fourth-order valence-electron chi connectivity index (χ4n) is 3.84. The summed E-state index contributed by atoms with van der Waals surface area (Å²) in [6.45, 7) is 0.362. The predicted octanol–water partition coefficient (Wildman–Crippen LogP) is 1.83. The molecule has 1 N–H and O–H groups in total. The number of nitrogens with one attached hydrogen (secondary N) is 1. The van der Waals surface area contributed by atoms with E-state index in [1.807, 2.05) is 0 Å². The minimum absolute atomic E-state index is 0.00474. The second kappa shape index (κ2) is 5.38. The summed E-state index contributed by atoms with van der Waals surface area (Å²) < 4.78 is 5.51. The molecule has 5 nitrogen and oxygen atoms in total. The number of ether oxygens (including phenoxy) is 1. The lowest BCUT2D eigenvalue weighted by Crippen LogP contribution is -2.33. The molecule has 2 fully saturated rings. The van der Waals surface area contributed by atoms with Gasteiger partial charge in [0.1, 0.15) is 0 Å². The predicted molar refractivity (Wildman–Crippen MR) is 73.1 cm³/mol. The number of hydrogen-bond donors (Lipinski definition) is 1. The fourth-order valence-corrected chi connectivity index (χ4v) is 3.84. The second-order valence-electron chi connectivity index (χ2n) is 5.95. The first-order chi connectivity index (χ1) is 9.71. The summed E-state index contributed by atoms with van der Waals surface area (Å²) in [4.78, 5) is 29.4. The van der Waals surface area contributed by atoms with Crippen molar-refractivity contribution in [3.8, 4) is 0 Å². The molecule has 3 rings (SSSR count). The molecule has 0 atom stereocenters. The van der Waals surface area contributed by atoms with Crippen molar-refractivity contribution in [3.05, 3.63) is 28.4 Å². The van der Waals surface area contributed by atoms with Crippen LogP contribution in [0.2, 0.25) is 0 Å². The Bertz CT molecular complexity index is 522. The minimum Gasteiger partial charge on any atom is -0.465 e. The summed E-state index contributed by atoms with van der Waals surface area (Å²) in [7, 11) is 0. The maximum Gasteiger partial charge on any atom is 0.344 e. The van der Waals surface area contributed by atoms with Crippen molar-refractivity contribution in [2.75, 3.05) is 6.61 Å². The molecule has 0 amide bonds. The van der Waals surface area contributed by atoms with Gasteiger partial charge in [0.2, 0.25) is 0 Å². The third kappa shape index (κ3) is 2.37. The van der Waals surface area contributed by atoms with Gasteiger partial charge in [0.05, 0.1) is 12.0 Å². The SMILES string of the molecule is O=C(OCCc1cnc(=O)[nH]c1)C12CCCC1CCC2. The van der Waals surface area contributed by atoms with Crippen molar-refractivity contribution in [2.45, 2.75) is 44.9 Å². The molecule has 20 heavy (non-hydrogen) atoms. The van der Waals surface area contributed by atoms with E-state index in [0.717, 1.165) is 31.2 Å². The van der Waals surface area contributed by atoms with Crippen LogP contribution >= 0.6 is 0 Å². The zero-order valence-electron chi connectivity index (χ0n) is 11.6. The van der Waals surface area contributed by atoms with Gasteiger partial charge in [-0.3, -0.25) is 4.79 Å². The molecule has 0 unspecified atom stereocenters. The van der Waals surface area contributed by atoms with Crippen molar-refractivity contribution >= 4 is 5.97 Å². The van der Waals surface area contributed by atoms with E-state index in [0.29, 0.717) is 18.9 Å². The molecular weight excluding hydrogens is 256 g/mol. The molecule has 0 aliphatic heterocycles. The van der Waals surface area contributed by atoms with Gasteiger partial charge < -0.3 is 9.72 Å². The Morgan fingerprint density at radius 2 is 2.15 bits per heavy atom. The average molecular weight is 276 g/mol. The number of hydrogen-bond acceptors (Lipinski definition) is 4. The zero-order valence-corrected chi connectivity index (χ0v) is 11.6. The number of aromatic nitrogens is 2. The smallest absolute Gasteiger partial charge is 0.344 e. The molecular formula is C15H20N2O3. The Labute approximate surface area is 117 Å². The van der Waals surface area contributed by atoms with Crippen LogP contribution in [0.5, 0.6) is 0 Å². The van der Waals surface area contributed by atoms with Crippen LogP contribution in [-0.4, -0.2) is 22.5 Å². The highest BCUT2D eigenvalue weighted by Gasteiger charge is 2.52. The highest BCUT2D eigenvalue weighted by molar-refractivity contribution is 5.78. The van der Waals surface area contributed by atoms with Crippen LogP contribution in [-0.2, 0) is 16.0 Å². The van der Waals surface area contributed by atoms with Crippen LogP contribution in [0.25, 0.3) is 0 Å². The number of H-pyrrole nitrogens is 1. The molecule has 1 aromatic rings. The lowest BCUT2D eigenvalue weighted by Gasteiger charge is -2.26. The third-order valence-electron chi connectivity index (χ3n) is 4.89. The summed E-state index contributed by atoms with van der Waals surface area (Å²) in [5.41, 5.74) is 0.345. The Kier molecular flexibility index (Phi) is 3.59. The number of carbonyl (C=O) groups excluding carboxylic acids is 1. The molecule has 5 heteroatoms. The third-order valence-corrected chi connectivity index (χ3v) is 4.89. The van der Waals surface area contributed by atoms with Gasteiger partial charge in [-0.25, -0.2) is 9.78 Å². The van der Waals surface area contributed by atoms with Gasteiger partial charge in [-0.2, -0.15) is 0 Å². The number of fused-ring (bicyclic) bond motifs is 1. The van der Waals surface area contributed by atoms with Gasteiger partial charge in [-0.15, -0.1) is 0 Å². The summed E-state index contributed by atoms with van der Waals surface area (Å²) >= 11 is 0. The number of nitrogens with zero attached hydrogens (tertiary/aromatic N) is 1. The van der Waals surface area contributed by atoms with Crippen molar-refractivity contribution in [2.24, 2.45) is 11.3 Å². The second-order valence-corrected chi connectivity index (χ2v) is 5.95. The molecule has 0 spiro atoms. The first-order valence-corrected chi connectivity index (χ1v) is 7.41. The lowest BCUT2D eigenvalue weighted by molar-refractivity contribution is -0.157. The van der Waals surface area contributed by atoms with Gasteiger partial charge in [-0.05, 0) is 37.2 Å². The van der Waals surface area contributed by atoms with Gasteiger partial charge >= 0.3 is 11.7 Å². The van der Waals surface area contributed by atoms with E-state index < -0.39 is 0 Å². The summed E-state index contributed by atoms with van der Waals surface area (Å²) in [6.07, 6.45) is 10.4. The molecule has 108 valence electrons. The van der Waals surface area contributed by atoms with E-state index in [2.05, 4.69) is 9.97 Å². The quantitative estimate of drug-likeness (QED) is 0.851. The minimum atomic E-state index is -0.357. The van der Waals surface area contributed by atoms with Crippen LogP contribution in [0.1, 0.15) is 44.1 Å². The van der Waals surface area contributed by atoms with Crippen LogP contribution in [0.4, 0.5) is 0 Å². The molecule has 2 aliphatic rings. The first-order valence-electron chi connectivity index (χ1n) is 7.41. The number of carbonyl (C=O) groups is 1. The van der Waals surface area contributed by atoms with E-state index in [9.17, 15) is 9.59 Å². The van der Waals surface area contributed by atoms with E-state index in [1.54, 1.807) is 6.20 Å². The molecule has 2 saturated carbocycles. The standard InChI is InChI=1S/C15H20N2O3/c18-13(15-6-1-3-12(15)4-2-7-15)20-8-5-11-9-16-14(19)17-10-11/h9-10,12H,1-8H2,(H,16,17,19). The average Bonchev–Trinajstić information content (AvgIpc) is 3.01. The molecule has 0 saturated heterocycles. The Morgan fingerprint density at radius 3 is 2.80 bits per heavy atom. The number of rotatable bonds is 4. The van der Waals surface area contributed by atoms with Crippen molar-refractivity contribution in [1.29, 1.82) is 0 Å². The van der Waals surface area contributed by atoms with Crippen LogP contribution in [0.15, 0.2) is 17.2 Å². The maximum atomic E-state index is 12.4. The summed E-state index contributed by atoms with van der Waals surface area (Å²) in [5, 5.41) is 0. The largest absolute Gasteiger partial charge is 0.465 e. The lowest BCUT2D eigenvalue weighted by atomic mass is 9.80. The van der Waals surface area contributed by atoms with Gasteiger partial charge in [-0.1, -0.05) is 12.8 Å². The highest BCUT2D eigenvalue weighted by atomic mass is 16.5. The zero-order chi connectivity index (χ0) is 14.0. The highest BCUT2D eigenvalue weighted by Crippen LogP contribution is 2.54. The van der Waals surface area contributed by atoms with Gasteiger partial charge in [0.25, 0.3) is 0 Å². The monoisotopic (exact) mass is 276 g/mol. The van der Waals surface area contributed by atoms with E-state index in [1.165, 1.54) is 19.0 Å². The first kappa shape index (κ1) is 13.3. The van der Waals surface area contributed by atoms with E-state index in [4.69, 9.17) is 4.74 Å². The van der Waals surface area contributed by atoms with Crippen LogP contribution < -0.4 is 5.69 Å². The Hall–Kier alpha value is -1.65. The molecule has 0 radical (unpaired) electrons. The van der Waals surface area contributed by atoms with Crippen molar-refractivity contribution < 1.29 is 9.53 Å². The Morgan fingerprint density at radius 1 is 1.40 bits per heavy atom. The van der Waals surface area contributed by atoms with Crippen LogP contribution in [0.3, 0.4) is 0 Å². The van der Waals surface area contributed by atoms with Crippen molar-refractivity contribution in [3.63, 3.8) is 0 Å². The summed E-state index contributed by atoms with van der Waals surface area (Å²) in [6, 6.07) is 0. The topological polar surface area (TPSA) is 72.0 Å². The molecule has 2 aliphatic carbocycles. The number of esters is 1. The van der Waals surface area contributed by atoms with E-state index in [-0.39, 0.29) is 17.1 Å². The summed E-state index contributed by atoms with van der Waals surface area (Å²) in [5.74, 6) is 0.541.